The Morgan fingerprint density at radius 1 is 0.867 bits per heavy atom. The molecule has 0 amide bonds. The van der Waals surface area contributed by atoms with Crippen molar-refractivity contribution in [1.29, 1.82) is 0 Å². The van der Waals surface area contributed by atoms with Crippen LogP contribution in [0.4, 0.5) is 0 Å². The van der Waals surface area contributed by atoms with Gasteiger partial charge >= 0.3 is 5.97 Å². The molecule has 4 rings (SSSR count). The standard InChI is InChI=1S/C26H21NO3/c1-17-10-9-15-21-22(16-23(27-24(17)21)19-11-5-3-6-12-19)26(29)30-18(2)25(28)20-13-7-4-8-14-20/h3-16,18H,1-2H3/t18-/m0/s1. The first-order valence-corrected chi connectivity index (χ1v) is 9.80. The third-order valence-corrected chi connectivity index (χ3v) is 5.04. The number of aryl methyl sites for hydroxylation is 1. The van der Waals surface area contributed by atoms with E-state index in [0.29, 0.717) is 22.2 Å². The topological polar surface area (TPSA) is 56.3 Å². The summed E-state index contributed by atoms with van der Waals surface area (Å²) in [6.45, 7) is 3.56. The third-order valence-electron chi connectivity index (χ3n) is 5.04. The van der Waals surface area contributed by atoms with Crippen molar-refractivity contribution in [1.82, 2.24) is 4.98 Å². The minimum Gasteiger partial charge on any atom is -0.451 e. The number of hydrogen-bond acceptors (Lipinski definition) is 4. The van der Waals surface area contributed by atoms with E-state index in [9.17, 15) is 9.59 Å². The second kappa shape index (κ2) is 8.29. The summed E-state index contributed by atoms with van der Waals surface area (Å²) in [5.74, 6) is -0.774. The van der Waals surface area contributed by atoms with Gasteiger partial charge in [0.25, 0.3) is 0 Å². The molecule has 0 aliphatic carbocycles. The van der Waals surface area contributed by atoms with Gasteiger partial charge in [-0.25, -0.2) is 9.78 Å². The van der Waals surface area contributed by atoms with Crippen LogP contribution in [0.3, 0.4) is 0 Å². The van der Waals surface area contributed by atoms with Crippen LogP contribution in [0.5, 0.6) is 0 Å². The first kappa shape index (κ1) is 19.5. The molecule has 0 saturated carbocycles. The number of hydrogen-bond donors (Lipinski definition) is 0. The smallest absolute Gasteiger partial charge is 0.339 e. The minimum atomic E-state index is -0.895. The molecule has 1 atom stereocenters. The van der Waals surface area contributed by atoms with Crippen molar-refractivity contribution in [2.24, 2.45) is 0 Å². The zero-order valence-electron chi connectivity index (χ0n) is 16.8. The van der Waals surface area contributed by atoms with Crippen molar-refractivity contribution in [3.05, 3.63) is 102 Å². The van der Waals surface area contributed by atoms with Crippen molar-refractivity contribution in [3.63, 3.8) is 0 Å². The predicted octanol–water partition coefficient (Wildman–Crippen LogP) is 5.64. The van der Waals surface area contributed by atoms with E-state index >= 15 is 0 Å². The van der Waals surface area contributed by atoms with Gasteiger partial charge in [0.15, 0.2) is 6.10 Å². The molecule has 0 bridgehead atoms. The van der Waals surface area contributed by atoms with Gasteiger partial charge in [-0.3, -0.25) is 4.79 Å². The number of rotatable bonds is 5. The molecule has 4 aromatic rings. The SMILES string of the molecule is Cc1cccc2c(C(=O)O[C@@H](C)C(=O)c3ccccc3)cc(-c3ccccc3)nc12. The van der Waals surface area contributed by atoms with Gasteiger partial charge in [0, 0.05) is 16.5 Å². The summed E-state index contributed by atoms with van der Waals surface area (Å²) in [6, 6.07) is 25.9. The summed E-state index contributed by atoms with van der Waals surface area (Å²) in [4.78, 5) is 30.5. The molecule has 148 valence electrons. The van der Waals surface area contributed by atoms with E-state index in [-0.39, 0.29) is 5.78 Å². The number of carbonyl (C=O) groups excluding carboxylic acids is 2. The van der Waals surface area contributed by atoms with Crippen LogP contribution >= 0.6 is 0 Å². The van der Waals surface area contributed by atoms with E-state index in [2.05, 4.69) is 0 Å². The molecule has 1 aromatic heterocycles. The van der Waals surface area contributed by atoms with Crippen molar-refractivity contribution < 1.29 is 14.3 Å². The van der Waals surface area contributed by atoms with Crippen LogP contribution in [0, 0.1) is 6.92 Å². The fourth-order valence-electron chi connectivity index (χ4n) is 3.43. The van der Waals surface area contributed by atoms with Crippen LogP contribution in [0.15, 0.2) is 84.9 Å². The van der Waals surface area contributed by atoms with Crippen molar-refractivity contribution in [3.8, 4) is 11.3 Å². The zero-order chi connectivity index (χ0) is 21.1. The van der Waals surface area contributed by atoms with Gasteiger partial charge in [-0.05, 0) is 25.5 Å². The van der Waals surface area contributed by atoms with E-state index in [1.807, 2.05) is 61.5 Å². The van der Waals surface area contributed by atoms with E-state index < -0.39 is 12.1 Å². The van der Waals surface area contributed by atoms with Gasteiger partial charge in [-0.1, -0.05) is 78.9 Å². The number of ether oxygens (including phenoxy) is 1. The Hall–Kier alpha value is -3.79. The molecule has 1 heterocycles. The number of Topliss-reactive ketones (excluding diaryl/α,β-unsaturated/α-hetero) is 1. The second-order valence-electron chi connectivity index (χ2n) is 7.17. The highest BCUT2D eigenvalue weighted by Gasteiger charge is 2.22. The fraction of sp³-hybridized carbons (Fsp3) is 0.115. The third kappa shape index (κ3) is 3.85. The van der Waals surface area contributed by atoms with E-state index in [1.165, 1.54) is 0 Å². The monoisotopic (exact) mass is 395 g/mol. The molecule has 3 aromatic carbocycles. The summed E-state index contributed by atoms with van der Waals surface area (Å²) >= 11 is 0. The predicted molar refractivity (Wildman–Crippen MR) is 118 cm³/mol. The number of para-hydroxylation sites is 1. The van der Waals surface area contributed by atoms with Gasteiger partial charge in [0.1, 0.15) is 0 Å². The Kier molecular flexibility index (Phi) is 5.40. The first-order chi connectivity index (χ1) is 14.5. The Morgan fingerprint density at radius 2 is 1.53 bits per heavy atom. The van der Waals surface area contributed by atoms with Crippen LogP contribution in [-0.2, 0) is 4.74 Å². The van der Waals surface area contributed by atoms with E-state index in [0.717, 1.165) is 16.6 Å². The second-order valence-corrected chi connectivity index (χ2v) is 7.17. The molecular weight excluding hydrogens is 374 g/mol. The van der Waals surface area contributed by atoms with Gasteiger partial charge in [-0.2, -0.15) is 0 Å². The number of aromatic nitrogens is 1. The number of carbonyl (C=O) groups is 2. The van der Waals surface area contributed by atoms with Crippen LogP contribution in [0.2, 0.25) is 0 Å². The van der Waals surface area contributed by atoms with Crippen molar-refractivity contribution >= 4 is 22.7 Å². The summed E-state index contributed by atoms with van der Waals surface area (Å²) in [5, 5.41) is 0.707. The van der Waals surface area contributed by atoms with Gasteiger partial charge in [0.2, 0.25) is 5.78 Å². The van der Waals surface area contributed by atoms with Crippen LogP contribution < -0.4 is 0 Å². The average Bonchev–Trinajstić information content (AvgIpc) is 2.79. The number of ketones is 1. The Balaban J connectivity index is 1.73. The molecular formula is C26H21NO3. The Labute approximate surface area is 175 Å². The highest BCUT2D eigenvalue weighted by atomic mass is 16.5. The number of nitrogens with zero attached hydrogens (tertiary/aromatic N) is 1. The minimum absolute atomic E-state index is 0.234. The molecule has 0 fully saturated rings. The van der Waals surface area contributed by atoms with Crippen LogP contribution in [-0.4, -0.2) is 22.8 Å². The maximum atomic E-state index is 13.1. The molecule has 0 spiro atoms. The van der Waals surface area contributed by atoms with E-state index in [1.54, 1.807) is 37.3 Å². The van der Waals surface area contributed by atoms with Gasteiger partial charge < -0.3 is 4.74 Å². The normalized spacial score (nSPS) is 11.8. The molecule has 0 unspecified atom stereocenters. The number of fused-ring (bicyclic) bond motifs is 1. The summed E-state index contributed by atoms with van der Waals surface area (Å²) in [6.07, 6.45) is -0.895. The average molecular weight is 395 g/mol. The molecule has 0 radical (unpaired) electrons. The lowest BCUT2D eigenvalue weighted by molar-refractivity contribution is 0.0320. The van der Waals surface area contributed by atoms with Gasteiger partial charge in [0.05, 0.1) is 16.8 Å². The van der Waals surface area contributed by atoms with Crippen molar-refractivity contribution in [2.45, 2.75) is 20.0 Å². The van der Waals surface area contributed by atoms with Crippen LogP contribution in [0.25, 0.3) is 22.2 Å². The molecule has 0 saturated heterocycles. The summed E-state index contributed by atoms with van der Waals surface area (Å²) in [5.41, 5.74) is 4.21. The highest BCUT2D eigenvalue weighted by molar-refractivity contribution is 6.07. The maximum absolute atomic E-state index is 13.1. The molecule has 0 aliphatic heterocycles. The molecule has 4 nitrogen and oxygen atoms in total. The number of esters is 1. The highest BCUT2D eigenvalue weighted by Crippen LogP contribution is 2.27. The van der Waals surface area contributed by atoms with Crippen LogP contribution in [0.1, 0.15) is 33.2 Å². The lowest BCUT2D eigenvalue weighted by Crippen LogP contribution is -2.24. The maximum Gasteiger partial charge on any atom is 0.339 e. The largest absolute Gasteiger partial charge is 0.451 e. The zero-order valence-corrected chi connectivity index (χ0v) is 16.8. The summed E-state index contributed by atoms with van der Waals surface area (Å²) < 4.78 is 5.58. The van der Waals surface area contributed by atoms with E-state index in [4.69, 9.17) is 9.72 Å². The fourth-order valence-corrected chi connectivity index (χ4v) is 3.43. The number of benzene rings is 3. The van der Waals surface area contributed by atoms with Crippen molar-refractivity contribution in [2.75, 3.05) is 0 Å². The first-order valence-electron chi connectivity index (χ1n) is 9.80. The Morgan fingerprint density at radius 3 is 2.23 bits per heavy atom. The number of pyridine rings is 1. The quantitative estimate of drug-likeness (QED) is 0.324. The van der Waals surface area contributed by atoms with Gasteiger partial charge in [-0.15, -0.1) is 0 Å². The lowest BCUT2D eigenvalue weighted by atomic mass is 10.0. The molecule has 0 aliphatic rings. The molecule has 0 N–H and O–H groups in total. The molecule has 4 heteroatoms. The Bertz CT molecular complexity index is 1220. The lowest BCUT2D eigenvalue weighted by Gasteiger charge is -2.15. The summed E-state index contributed by atoms with van der Waals surface area (Å²) in [7, 11) is 0. The molecule has 30 heavy (non-hydrogen) atoms.